The van der Waals surface area contributed by atoms with E-state index in [-0.39, 0.29) is 12.4 Å². The second kappa shape index (κ2) is 8.07. The number of hydrogen-bond donors (Lipinski definition) is 1. The fourth-order valence-electron chi connectivity index (χ4n) is 2.18. The molecule has 0 saturated carbocycles. The van der Waals surface area contributed by atoms with E-state index >= 15 is 0 Å². The molecule has 0 spiro atoms. The van der Waals surface area contributed by atoms with E-state index < -0.39 is 0 Å². The smallest absolute Gasteiger partial charge is 0.0589 e. The Kier molecular flexibility index (Phi) is 8.02. The number of ether oxygens (including phenoxy) is 1. The molecular formula is C12H25ClN2O. The number of hydrogen-bond acceptors (Lipinski definition) is 3. The Morgan fingerprint density at radius 1 is 1.56 bits per heavy atom. The molecule has 96 valence electrons. The third-order valence-electron chi connectivity index (χ3n) is 3.06. The molecule has 4 heteroatoms. The Morgan fingerprint density at radius 2 is 2.31 bits per heavy atom. The van der Waals surface area contributed by atoms with Crippen LogP contribution in [0.4, 0.5) is 0 Å². The summed E-state index contributed by atoms with van der Waals surface area (Å²) < 4.78 is 5.12. The highest BCUT2D eigenvalue weighted by Crippen LogP contribution is 2.25. The molecule has 1 saturated heterocycles. The van der Waals surface area contributed by atoms with Crippen LogP contribution in [0.25, 0.3) is 0 Å². The van der Waals surface area contributed by atoms with Crippen molar-refractivity contribution in [3.63, 3.8) is 0 Å². The fraction of sp³-hybridized carbons (Fsp3) is 0.833. The zero-order valence-electron chi connectivity index (χ0n) is 10.5. The van der Waals surface area contributed by atoms with Gasteiger partial charge in [-0.2, -0.15) is 0 Å². The van der Waals surface area contributed by atoms with Gasteiger partial charge in [-0.05, 0) is 18.4 Å². The molecule has 1 aliphatic rings. The Hall–Kier alpha value is -0.0900. The van der Waals surface area contributed by atoms with Crippen molar-refractivity contribution < 1.29 is 4.74 Å². The van der Waals surface area contributed by atoms with Crippen LogP contribution in [0.3, 0.4) is 0 Å². The maximum absolute atomic E-state index is 5.12. The van der Waals surface area contributed by atoms with Crippen molar-refractivity contribution in [2.45, 2.75) is 13.3 Å². The molecule has 0 aromatic heterocycles. The SMILES string of the molecule is C=CCN(CCOC)CC1(C)CCNC1.Cl. The van der Waals surface area contributed by atoms with E-state index in [2.05, 4.69) is 23.7 Å². The summed E-state index contributed by atoms with van der Waals surface area (Å²) in [6.45, 7) is 12.3. The number of nitrogens with zero attached hydrogens (tertiary/aromatic N) is 1. The summed E-state index contributed by atoms with van der Waals surface area (Å²) >= 11 is 0. The van der Waals surface area contributed by atoms with Crippen molar-refractivity contribution in [2.75, 3.05) is 46.4 Å². The van der Waals surface area contributed by atoms with Crippen LogP contribution in [0.5, 0.6) is 0 Å². The van der Waals surface area contributed by atoms with Gasteiger partial charge in [-0.1, -0.05) is 13.0 Å². The zero-order valence-corrected chi connectivity index (χ0v) is 11.3. The van der Waals surface area contributed by atoms with Gasteiger partial charge in [0.1, 0.15) is 0 Å². The van der Waals surface area contributed by atoms with Gasteiger partial charge in [-0.3, -0.25) is 4.90 Å². The van der Waals surface area contributed by atoms with Crippen molar-refractivity contribution in [1.82, 2.24) is 10.2 Å². The van der Waals surface area contributed by atoms with Crippen LogP contribution in [-0.2, 0) is 4.74 Å². The van der Waals surface area contributed by atoms with E-state index in [0.29, 0.717) is 5.41 Å². The molecule has 1 fully saturated rings. The maximum atomic E-state index is 5.12. The van der Waals surface area contributed by atoms with E-state index in [4.69, 9.17) is 4.74 Å². The zero-order chi connectivity index (χ0) is 11.1. The lowest BCUT2D eigenvalue weighted by Gasteiger charge is -2.31. The normalized spacial score (nSPS) is 24.4. The van der Waals surface area contributed by atoms with Gasteiger partial charge in [0.15, 0.2) is 0 Å². The quantitative estimate of drug-likeness (QED) is 0.692. The number of halogens is 1. The Morgan fingerprint density at radius 3 is 2.81 bits per heavy atom. The molecule has 1 rings (SSSR count). The van der Waals surface area contributed by atoms with Gasteiger partial charge in [-0.15, -0.1) is 19.0 Å². The molecule has 1 atom stereocenters. The summed E-state index contributed by atoms with van der Waals surface area (Å²) in [7, 11) is 1.75. The third kappa shape index (κ3) is 5.30. The van der Waals surface area contributed by atoms with Crippen molar-refractivity contribution in [2.24, 2.45) is 5.41 Å². The Balaban J connectivity index is 0.00000225. The maximum Gasteiger partial charge on any atom is 0.0589 e. The highest BCUT2D eigenvalue weighted by atomic mass is 35.5. The minimum Gasteiger partial charge on any atom is -0.383 e. The summed E-state index contributed by atoms with van der Waals surface area (Å²) in [4.78, 5) is 2.42. The molecular weight excluding hydrogens is 224 g/mol. The van der Waals surface area contributed by atoms with E-state index in [1.54, 1.807) is 7.11 Å². The highest BCUT2D eigenvalue weighted by Gasteiger charge is 2.30. The molecule has 1 aliphatic heterocycles. The van der Waals surface area contributed by atoms with Crippen LogP contribution in [0, 0.1) is 5.41 Å². The molecule has 0 aromatic carbocycles. The van der Waals surface area contributed by atoms with Crippen LogP contribution in [0.1, 0.15) is 13.3 Å². The van der Waals surface area contributed by atoms with Gasteiger partial charge in [-0.25, -0.2) is 0 Å². The Labute approximate surface area is 106 Å². The topological polar surface area (TPSA) is 24.5 Å². The van der Waals surface area contributed by atoms with E-state index in [9.17, 15) is 0 Å². The standard InChI is InChI=1S/C12H24N2O.ClH/c1-4-7-14(8-9-15-3)11-12(2)5-6-13-10-12;/h4,13H,1,5-11H2,2-3H3;1H. The fourth-order valence-corrected chi connectivity index (χ4v) is 2.18. The van der Waals surface area contributed by atoms with Crippen LogP contribution < -0.4 is 5.32 Å². The molecule has 0 bridgehead atoms. The van der Waals surface area contributed by atoms with Crippen molar-refractivity contribution in [3.05, 3.63) is 12.7 Å². The monoisotopic (exact) mass is 248 g/mol. The summed E-state index contributed by atoms with van der Waals surface area (Å²) in [6.07, 6.45) is 3.25. The first-order valence-corrected chi connectivity index (χ1v) is 5.73. The van der Waals surface area contributed by atoms with Crippen LogP contribution in [-0.4, -0.2) is 51.3 Å². The van der Waals surface area contributed by atoms with E-state index in [1.165, 1.54) is 6.42 Å². The first kappa shape index (κ1) is 15.9. The number of nitrogens with one attached hydrogen (secondary N) is 1. The predicted octanol–water partition coefficient (Wildman–Crippen LogP) is 1.54. The molecule has 1 heterocycles. The van der Waals surface area contributed by atoms with Crippen molar-refractivity contribution in [1.29, 1.82) is 0 Å². The van der Waals surface area contributed by atoms with Crippen LogP contribution in [0.2, 0.25) is 0 Å². The molecule has 0 radical (unpaired) electrons. The summed E-state index contributed by atoms with van der Waals surface area (Å²) in [5.74, 6) is 0. The summed E-state index contributed by atoms with van der Waals surface area (Å²) in [5.41, 5.74) is 0.427. The first-order valence-electron chi connectivity index (χ1n) is 5.73. The molecule has 16 heavy (non-hydrogen) atoms. The minimum atomic E-state index is 0. The molecule has 3 nitrogen and oxygen atoms in total. The van der Waals surface area contributed by atoms with Gasteiger partial charge >= 0.3 is 0 Å². The highest BCUT2D eigenvalue weighted by molar-refractivity contribution is 5.85. The summed E-state index contributed by atoms with van der Waals surface area (Å²) in [6, 6.07) is 0. The van der Waals surface area contributed by atoms with Gasteiger partial charge in [0.25, 0.3) is 0 Å². The molecule has 0 aliphatic carbocycles. The lowest BCUT2D eigenvalue weighted by atomic mass is 9.89. The second-order valence-electron chi connectivity index (χ2n) is 4.75. The van der Waals surface area contributed by atoms with Gasteiger partial charge in [0, 0.05) is 33.3 Å². The third-order valence-corrected chi connectivity index (χ3v) is 3.06. The lowest BCUT2D eigenvalue weighted by molar-refractivity contribution is 0.126. The summed E-state index contributed by atoms with van der Waals surface area (Å²) in [5, 5.41) is 3.43. The number of rotatable bonds is 7. The van der Waals surface area contributed by atoms with Crippen LogP contribution in [0.15, 0.2) is 12.7 Å². The molecule has 1 N–H and O–H groups in total. The first-order chi connectivity index (χ1) is 7.20. The second-order valence-corrected chi connectivity index (χ2v) is 4.75. The van der Waals surface area contributed by atoms with Crippen molar-refractivity contribution in [3.8, 4) is 0 Å². The van der Waals surface area contributed by atoms with E-state index in [0.717, 1.165) is 39.3 Å². The van der Waals surface area contributed by atoms with Crippen LogP contribution >= 0.6 is 12.4 Å². The molecule has 1 unspecified atom stereocenters. The molecule has 0 amide bonds. The van der Waals surface area contributed by atoms with Gasteiger partial charge in [0.2, 0.25) is 0 Å². The van der Waals surface area contributed by atoms with Crippen molar-refractivity contribution >= 4 is 12.4 Å². The van der Waals surface area contributed by atoms with Gasteiger partial charge < -0.3 is 10.1 Å². The van der Waals surface area contributed by atoms with Gasteiger partial charge in [0.05, 0.1) is 6.61 Å². The predicted molar refractivity (Wildman–Crippen MR) is 71.4 cm³/mol. The van der Waals surface area contributed by atoms with E-state index in [1.807, 2.05) is 6.08 Å². The number of methoxy groups -OCH3 is 1. The minimum absolute atomic E-state index is 0. The lowest BCUT2D eigenvalue weighted by Crippen LogP contribution is -2.39. The average molecular weight is 249 g/mol. The Bertz CT molecular complexity index is 193. The largest absolute Gasteiger partial charge is 0.383 e. The molecule has 0 aromatic rings. The average Bonchev–Trinajstić information content (AvgIpc) is 2.62.